The molecular formula is C35H39O5S+. The van der Waals surface area contributed by atoms with Crippen LogP contribution >= 0.6 is 0 Å². The maximum absolute atomic E-state index is 12.3. The number of aliphatic carboxylic acids is 1. The van der Waals surface area contributed by atoms with Crippen molar-refractivity contribution < 1.29 is 24.2 Å². The quantitative estimate of drug-likeness (QED) is 0.180. The van der Waals surface area contributed by atoms with E-state index in [1.54, 1.807) is 0 Å². The van der Waals surface area contributed by atoms with Gasteiger partial charge in [0.1, 0.15) is 11.5 Å². The second-order valence-corrected chi connectivity index (χ2v) is 14.4. The van der Waals surface area contributed by atoms with Gasteiger partial charge in [-0.2, -0.15) is 0 Å². The second kappa shape index (κ2) is 11.8. The molecule has 1 N–H and O–H groups in total. The summed E-state index contributed by atoms with van der Waals surface area (Å²) < 4.78 is 5.58. The van der Waals surface area contributed by atoms with E-state index >= 15 is 0 Å². The van der Waals surface area contributed by atoms with Crippen LogP contribution in [0.3, 0.4) is 0 Å². The first-order valence-corrected chi connectivity index (χ1v) is 15.8. The van der Waals surface area contributed by atoms with Crippen molar-refractivity contribution in [1.29, 1.82) is 0 Å². The topological polar surface area (TPSA) is 80.7 Å². The molecule has 6 heteroatoms. The van der Waals surface area contributed by atoms with Gasteiger partial charge in [-0.1, -0.05) is 43.3 Å². The molecule has 0 saturated heterocycles. The number of carboxylic acids is 1. The van der Waals surface area contributed by atoms with Gasteiger partial charge >= 0.3 is 11.9 Å². The molecule has 5 nitrogen and oxygen atoms in total. The molecular weight excluding hydrogens is 532 g/mol. The van der Waals surface area contributed by atoms with Gasteiger partial charge in [0.25, 0.3) is 0 Å². The third-order valence-corrected chi connectivity index (χ3v) is 11.3. The zero-order valence-corrected chi connectivity index (χ0v) is 24.9. The monoisotopic (exact) mass is 571 g/mol. The molecule has 4 fully saturated rings. The Labute approximate surface area is 245 Å². The molecule has 4 saturated carbocycles. The van der Waals surface area contributed by atoms with Crippen molar-refractivity contribution in [2.24, 2.45) is 28.6 Å². The number of benzene rings is 3. The van der Waals surface area contributed by atoms with E-state index in [0.717, 1.165) is 25.7 Å². The lowest BCUT2D eigenvalue weighted by atomic mass is 9.49. The standard InChI is InChI=1S/C24H25O2S.C11H14O3/c1-4-24(2,3)23(25)26-19-15-17-22(18-16-19)27(20-11-7-5-8-12-20)21-13-9-6-10-14-21;12-9-7-1-6-2-8(9)5-11(3-6,4-7)10(13)14/h5-18H,4H2,1-3H3;6-8H,1-5H2,(H,13,14)/q+1;. The van der Waals surface area contributed by atoms with Gasteiger partial charge < -0.3 is 9.84 Å². The van der Waals surface area contributed by atoms with E-state index in [1.165, 1.54) is 14.7 Å². The van der Waals surface area contributed by atoms with Crippen LogP contribution in [0.15, 0.2) is 99.6 Å². The number of ether oxygens (including phenoxy) is 1. The van der Waals surface area contributed by atoms with E-state index in [1.807, 2.05) is 45.0 Å². The van der Waals surface area contributed by atoms with Crippen LogP contribution in [0.5, 0.6) is 5.75 Å². The summed E-state index contributed by atoms with van der Waals surface area (Å²) in [5.74, 6) is 0.774. The lowest BCUT2D eigenvalue weighted by molar-refractivity contribution is -0.169. The van der Waals surface area contributed by atoms with Crippen LogP contribution in [0.25, 0.3) is 0 Å². The number of carboxylic acid groups (broad SMARTS) is 1. The number of carbonyl (C=O) groups is 3. The predicted molar refractivity (Wildman–Crippen MR) is 160 cm³/mol. The average Bonchev–Trinajstić information content (AvgIpc) is 2.98. The van der Waals surface area contributed by atoms with E-state index in [0.29, 0.717) is 30.3 Å². The summed E-state index contributed by atoms with van der Waals surface area (Å²) in [4.78, 5) is 39.0. The highest BCUT2D eigenvalue weighted by Crippen LogP contribution is 2.58. The summed E-state index contributed by atoms with van der Waals surface area (Å²) >= 11 is 0. The fourth-order valence-corrected chi connectivity index (χ4v) is 8.65. The van der Waals surface area contributed by atoms with E-state index in [2.05, 4.69) is 60.7 Å². The Morgan fingerprint density at radius 3 is 1.78 bits per heavy atom. The van der Waals surface area contributed by atoms with Crippen molar-refractivity contribution >= 4 is 28.6 Å². The highest BCUT2D eigenvalue weighted by Gasteiger charge is 2.58. The van der Waals surface area contributed by atoms with Crippen LogP contribution in [0.1, 0.15) is 59.3 Å². The largest absolute Gasteiger partial charge is 0.481 e. The average molecular weight is 572 g/mol. The summed E-state index contributed by atoms with van der Waals surface area (Å²) in [7, 11) is -0.195. The maximum atomic E-state index is 12.3. The van der Waals surface area contributed by atoms with Gasteiger partial charge in [0, 0.05) is 11.8 Å². The van der Waals surface area contributed by atoms with Crippen molar-refractivity contribution in [3.8, 4) is 5.75 Å². The number of rotatable bonds is 7. The SMILES string of the molecule is CCC(C)(C)C(=O)Oc1ccc([S+](c2ccccc2)c2ccccc2)cc1.O=C1C2CC3CC1CC(C(=O)O)(C3)C2. The van der Waals surface area contributed by atoms with Gasteiger partial charge in [-0.15, -0.1) is 0 Å². The molecule has 2 atom stereocenters. The van der Waals surface area contributed by atoms with E-state index in [4.69, 9.17) is 4.74 Å². The van der Waals surface area contributed by atoms with Crippen molar-refractivity contribution in [3.05, 3.63) is 84.9 Å². The van der Waals surface area contributed by atoms with E-state index < -0.39 is 16.8 Å². The molecule has 0 heterocycles. The summed E-state index contributed by atoms with van der Waals surface area (Å²) in [6.45, 7) is 5.81. The van der Waals surface area contributed by atoms with Crippen molar-refractivity contribution in [2.75, 3.05) is 0 Å². The first-order chi connectivity index (χ1) is 19.6. The molecule has 41 heavy (non-hydrogen) atoms. The number of ketones is 1. The van der Waals surface area contributed by atoms with E-state index in [9.17, 15) is 19.5 Å². The zero-order valence-electron chi connectivity index (χ0n) is 24.0. The second-order valence-electron chi connectivity index (χ2n) is 12.4. The number of esters is 1. The smallest absolute Gasteiger partial charge is 0.316 e. The molecule has 4 bridgehead atoms. The first-order valence-electron chi connectivity index (χ1n) is 14.6. The number of hydrogen-bond donors (Lipinski definition) is 1. The summed E-state index contributed by atoms with van der Waals surface area (Å²) in [6.07, 6.45) is 4.73. The number of hydrogen-bond acceptors (Lipinski definition) is 4. The van der Waals surface area contributed by atoms with Crippen molar-refractivity contribution in [3.63, 3.8) is 0 Å². The molecule has 0 radical (unpaired) electrons. The van der Waals surface area contributed by atoms with Crippen LogP contribution in [0, 0.1) is 28.6 Å². The molecule has 4 aliphatic carbocycles. The maximum Gasteiger partial charge on any atom is 0.316 e. The molecule has 3 aromatic rings. The van der Waals surface area contributed by atoms with E-state index in [-0.39, 0.29) is 28.7 Å². The Kier molecular flexibility index (Phi) is 8.42. The van der Waals surface area contributed by atoms with Crippen LogP contribution in [0.4, 0.5) is 0 Å². The predicted octanol–water partition coefficient (Wildman–Crippen LogP) is 7.59. The minimum atomic E-state index is -0.663. The number of carbonyl (C=O) groups excluding carboxylic acids is 2. The Morgan fingerprint density at radius 2 is 1.32 bits per heavy atom. The Bertz CT molecular complexity index is 1330. The molecule has 214 valence electrons. The lowest BCUT2D eigenvalue weighted by Gasteiger charge is -2.53. The van der Waals surface area contributed by atoms with Crippen LogP contribution in [-0.4, -0.2) is 22.8 Å². The fourth-order valence-electron chi connectivity index (χ4n) is 6.56. The minimum Gasteiger partial charge on any atom is -0.481 e. The van der Waals surface area contributed by atoms with Gasteiger partial charge in [-0.05, 0) is 107 Å². The number of Topliss-reactive ketones (excluding diaryl/α,β-unsaturated/α-hetero) is 1. The van der Waals surface area contributed by atoms with Gasteiger partial charge in [-0.3, -0.25) is 14.4 Å². The molecule has 0 aromatic heterocycles. The summed E-state index contributed by atoms with van der Waals surface area (Å²) in [5.41, 5.74) is -0.999. The Morgan fingerprint density at radius 1 is 0.829 bits per heavy atom. The minimum absolute atomic E-state index is 0.0809. The fraction of sp³-hybridized carbons (Fsp3) is 0.400. The van der Waals surface area contributed by atoms with Gasteiger partial charge in [-0.25, -0.2) is 0 Å². The van der Waals surface area contributed by atoms with Gasteiger partial charge in [0.15, 0.2) is 14.7 Å². The Hall–Kier alpha value is -3.38. The third kappa shape index (κ3) is 6.13. The zero-order chi connectivity index (χ0) is 29.2. The van der Waals surface area contributed by atoms with Crippen molar-refractivity contribution in [1.82, 2.24) is 0 Å². The highest BCUT2D eigenvalue weighted by molar-refractivity contribution is 7.97. The molecule has 4 aliphatic rings. The van der Waals surface area contributed by atoms with Crippen LogP contribution in [-0.2, 0) is 25.3 Å². The molecule has 0 amide bonds. The van der Waals surface area contributed by atoms with Crippen molar-refractivity contribution in [2.45, 2.75) is 74.0 Å². The molecule has 3 aromatic carbocycles. The van der Waals surface area contributed by atoms with Crippen LogP contribution < -0.4 is 4.74 Å². The first kappa shape index (κ1) is 29.1. The summed E-state index contributed by atoms with van der Waals surface area (Å²) in [6, 6.07) is 28.9. The van der Waals surface area contributed by atoms with Crippen LogP contribution in [0.2, 0.25) is 0 Å². The normalized spacial score (nSPS) is 24.5. The summed E-state index contributed by atoms with van der Waals surface area (Å²) in [5, 5.41) is 9.25. The lowest BCUT2D eigenvalue weighted by Crippen LogP contribution is -2.54. The highest BCUT2D eigenvalue weighted by atomic mass is 32.2. The molecule has 2 unspecified atom stereocenters. The third-order valence-electron chi connectivity index (χ3n) is 9.11. The molecule has 7 rings (SSSR count). The molecule has 0 aliphatic heterocycles. The Balaban J connectivity index is 0.000000200. The molecule has 0 spiro atoms. The van der Waals surface area contributed by atoms with Gasteiger partial charge in [0.05, 0.1) is 21.7 Å². The van der Waals surface area contributed by atoms with Gasteiger partial charge in [0.2, 0.25) is 0 Å².